The molecular formula is C12H13F2N3O5. The fraction of sp³-hybridized carbons (Fsp3) is 0.500. The number of alkyl halides is 1. The van der Waals surface area contributed by atoms with Gasteiger partial charge in [-0.25, -0.2) is 18.7 Å². The van der Waals surface area contributed by atoms with Gasteiger partial charge in [-0.05, 0) is 0 Å². The zero-order chi connectivity index (χ0) is 16.1. The summed E-state index contributed by atoms with van der Waals surface area (Å²) >= 11 is 0. The van der Waals surface area contributed by atoms with Gasteiger partial charge in [0.2, 0.25) is 5.88 Å². The van der Waals surface area contributed by atoms with Gasteiger partial charge in [-0.2, -0.15) is 0 Å². The van der Waals surface area contributed by atoms with Crippen molar-refractivity contribution < 1.29 is 33.6 Å². The second kappa shape index (κ2) is 5.09. The maximum atomic E-state index is 14.1. The normalized spacial score (nSPS) is 31.8. The number of methoxy groups -OCH3 is 1. The van der Waals surface area contributed by atoms with Crippen molar-refractivity contribution >= 4 is 11.0 Å². The third kappa shape index (κ3) is 1.96. The van der Waals surface area contributed by atoms with Gasteiger partial charge in [-0.1, -0.05) is 0 Å². The van der Waals surface area contributed by atoms with Crippen molar-refractivity contribution in [1.82, 2.24) is 14.5 Å². The molecule has 3 N–H and O–H groups in total. The van der Waals surface area contributed by atoms with Crippen LogP contribution < -0.4 is 4.74 Å². The maximum Gasteiger partial charge on any atom is 0.263 e. The Balaban J connectivity index is 2.12. The molecule has 0 spiro atoms. The quantitative estimate of drug-likeness (QED) is 0.699. The van der Waals surface area contributed by atoms with E-state index in [0.717, 1.165) is 17.1 Å². The van der Waals surface area contributed by atoms with E-state index in [4.69, 9.17) is 14.6 Å². The standard InChI is InChI=1S/C12H13F2N3O5/c1-21-10-6-5(13)2-17(9(6)15-4-16-10)11-7(19)8(20)12(14,3-18)22-11/h2,4,7-8,11,18-20H,3H2,1H3/t7-,8+,11-,12-/m1/s1. The molecule has 3 rings (SSSR count). The molecule has 8 nitrogen and oxygen atoms in total. The van der Waals surface area contributed by atoms with E-state index < -0.39 is 36.7 Å². The molecule has 10 heteroatoms. The van der Waals surface area contributed by atoms with Gasteiger partial charge in [-0.15, -0.1) is 0 Å². The average molecular weight is 317 g/mol. The number of hydrogen-bond acceptors (Lipinski definition) is 7. The lowest BCUT2D eigenvalue weighted by atomic mass is 10.1. The SMILES string of the molecule is COc1ncnc2c1c(F)cn2[C@@H]1O[C@](F)(CO)[C@@H](O)[C@H]1O. The lowest BCUT2D eigenvalue weighted by molar-refractivity contribution is -0.206. The molecule has 0 bridgehead atoms. The smallest absolute Gasteiger partial charge is 0.263 e. The van der Waals surface area contributed by atoms with Crippen LogP contribution >= 0.6 is 0 Å². The molecule has 2 aromatic heterocycles. The minimum Gasteiger partial charge on any atom is -0.480 e. The van der Waals surface area contributed by atoms with E-state index in [0.29, 0.717) is 0 Å². The highest BCUT2D eigenvalue weighted by molar-refractivity contribution is 5.82. The summed E-state index contributed by atoms with van der Waals surface area (Å²) in [4.78, 5) is 7.61. The van der Waals surface area contributed by atoms with Gasteiger partial charge in [0.25, 0.3) is 5.85 Å². The Morgan fingerprint density at radius 1 is 1.45 bits per heavy atom. The first kappa shape index (κ1) is 15.0. The molecule has 1 aliphatic heterocycles. The van der Waals surface area contributed by atoms with Crippen molar-refractivity contribution in [2.24, 2.45) is 0 Å². The number of fused-ring (bicyclic) bond motifs is 1. The minimum absolute atomic E-state index is 0.0113. The third-order valence-corrected chi connectivity index (χ3v) is 3.59. The molecule has 4 atom stereocenters. The van der Waals surface area contributed by atoms with Gasteiger partial charge >= 0.3 is 0 Å². The van der Waals surface area contributed by atoms with Crippen molar-refractivity contribution in [3.05, 3.63) is 18.3 Å². The predicted octanol–water partition coefficient (Wildman–Crippen LogP) is -0.512. The van der Waals surface area contributed by atoms with E-state index in [1.807, 2.05) is 0 Å². The van der Waals surface area contributed by atoms with E-state index in [1.165, 1.54) is 7.11 Å². The summed E-state index contributed by atoms with van der Waals surface area (Å²) in [6.45, 7) is -1.16. The monoisotopic (exact) mass is 317 g/mol. The fourth-order valence-electron chi connectivity index (χ4n) is 2.47. The summed E-state index contributed by atoms with van der Waals surface area (Å²) in [5, 5.41) is 28.5. The lowest BCUT2D eigenvalue weighted by Crippen LogP contribution is -2.42. The average Bonchev–Trinajstić information content (AvgIpc) is 2.98. The molecular weight excluding hydrogens is 304 g/mol. The molecule has 1 aliphatic rings. The molecule has 0 amide bonds. The number of hydrogen-bond donors (Lipinski definition) is 3. The van der Waals surface area contributed by atoms with E-state index >= 15 is 0 Å². The Kier molecular flexibility index (Phi) is 3.48. The summed E-state index contributed by atoms with van der Waals surface area (Å²) in [5.41, 5.74) is -0.0113. The van der Waals surface area contributed by atoms with Gasteiger partial charge in [-0.3, -0.25) is 0 Å². The lowest BCUT2D eigenvalue weighted by Gasteiger charge is -2.19. The van der Waals surface area contributed by atoms with Gasteiger partial charge in [0.15, 0.2) is 17.7 Å². The second-order valence-electron chi connectivity index (χ2n) is 4.85. The van der Waals surface area contributed by atoms with Crippen LogP contribution in [0.2, 0.25) is 0 Å². The highest BCUT2D eigenvalue weighted by Gasteiger charge is 2.56. The molecule has 0 aliphatic carbocycles. The van der Waals surface area contributed by atoms with Gasteiger partial charge in [0, 0.05) is 6.20 Å². The van der Waals surface area contributed by atoms with Crippen molar-refractivity contribution in [1.29, 1.82) is 0 Å². The molecule has 1 fully saturated rings. The Morgan fingerprint density at radius 2 is 2.18 bits per heavy atom. The largest absolute Gasteiger partial charge is 0.480 e. The molecule has 22 heavy (non-hydrogen) atoms. The molecule has 120 valence electrons. The van der Waals surface area contributed by atoms with Gasteiger partial charge in [0.1, 0.15) is 30.5 Å². The summed E-state index contributed by atoms with van der Waals surface area (Å²) in [6.07, 6.45) is -3.17. The summed E-state index contributed by atoms with van der Waals surface area (Å²) in [5.74, 6) is -3.66. The van der Waals surface area contributed by atoms with Crippen molar-refractivity contribution in [3.8, 4) is 5.88 Å². The first-order valence-electron chi connectivity index (χ1n) is 6.31. The minimum atomic E-state index is -2.85. The number of halogens is 2. The van der Waals surface area contributed by atoms with E-state index in [-0.39, 0.29) is 16.9 Å². The summed E-state index contributed by atoms with van der Waals surface area (Å²) < 4.78 is 39.0. The Hall–Kier alpha value is -1.88. The molecule has 2 aromatic rings. The first-order valence-corrected chi connectivity index (χ1v) is 6.31. The van der Waals surface area contributed by atoms with Crippen molar-refractivity contribution in [2.75, 3.05) is 13.7 Å². The highest BCUT2D eigenvalue weighted by atomic mass is 19.2. The number of aliphatic hydroxyl groups excluding tert-OH is 3. The molecule has 0 radical (unpaired) electrons. The number of rotatable bonds is 3. The number of nitrogens with zero attached hydrogens (tertiary/aromatic N) is 3. The summed E-state index contributed by atoms with van der Waals surface area (Å²) in [6, 6.07) is 0. The van der Waals surface area contributed by atoms with Crippen LogP contribution in [-0.2, 0) is 4.74 Å². The number of aromatic nitrogens is 3. The van der Waals surface area contributed by atoms with Crippen LogP contribution in [0.3, 0.4) is 0 Å². The van der Waals surface area contributed by atoms with Crippen LogP contribution in [-0.4, -0.2) is 61.6 Å². The van der Waals surface area contributed by atoms with Gasteiger partial charge in [0.05, 0.1) is 7.11 Å². The molecule has 1 saturated heterocycles. The number of ether oxygens (including phenoxy) is 2. The van der Waals surface area contributed by atoms with E-state index in [9.17, 15) is 19.0 Å². The second-order valence-corrected chi connectivity index (χ2v) is 4.85. The fourth-order valence-corrected chi connectivity index (χ4v) is 2.47. The Labute approximate surface area is 122 Å². The van der Waals surface area contributed by atoms with Crippen LogP contribution in [0.25, 0.3) is 11.0 Å². The molecule has 0 unspecified atom stereocenters. The van der Waals surface area contributed by atoms with E-state index in [1.54, 1.807) is 0 Å². The van der Waals surface area contributed by atoms with E-state index in [2.05, 4.69) is 9.97 Å². The predicted molar refractivity (Wildman–Crippen MR) is 67.1 cm³/mol. The van der Waals surface area contributed by atoms with Crippen LogP contribution in [0.15, 0.2) is 12.5 Å². The molecule has 3 heterocycles. The Morgan fingerprint density at radius 3 is 2.77 bits per heavy atom. The first-order chi connectivity index (χ1) is 10.4. The zero-order valence-electron chi connectivity index (χ0n) is 11.3. The van der Waals surface area contributed by atoms with Crippen LogP contribution in [0.1, 0.15) is 6.23 Å². The van der Waals surface area contributed by atoms with Crippen LogP contribution in [0.5, 0.6) is 5.88 Å². The van der Waals surface area contributed by atoms with Gasteiger partial charge < -0.3 is 29.4 Å². The Bertz CT molecular complexity index is 711. The maximum absolute atomic E-state index is 14.1. The summed E-state index contributed by atoms with van der Waals surface area (Å²) in [7, 11) is 1.29. The third-order valence-electron chi connectivity index (χ3n) is 3.59. The van der Waals surface area contributed by atoms with Crippen molar-refractivity contribution in [3.63, 3.8) is 0 Å². The van der Waals surface area contributed by atoms with Crippen molar-refractivity contribution in [2.45, 2.75) is 24.3 Å². The number of aliphatic hydroxyl groups is 3. The zero-order valence-corrected chi connectivity index (χ0v) is 11.3. The molecule has 0 saturated carbocycles. The van der Waals surface area contributed by atoms with Crippen LogP contribution in [0, 0.1) is 5.82 Å². The topological polar surface area (TPSA) is 110 Å². The molecule has 0 aromatic carbocycles. The van der Waals surface area contributed by atoms with Crippen LogP contribution in [0.4, 0.5) is 8.78 Å². The highest BCUT2D eigenvalue weighted by Crippen LogP contribution is 2.40.